The van der Waals surface area contributed by atoms with Crippen molar-refractivity contribution in [1.29, 1.82) is 0 Å². The summed E-state index contributed by atoms with van der Waals surface area (Å²) in [6.07, 6.45) is 0.861. The van der Waals surface area contributed by atoms with Crippen molar-refractivity contribution >= 4 is 17.5 Å². The molecule has 0 aromatic heterocycles. The van der Waals surface area contributed by atoms with Gasteiger partial charge in [0.15, 0.2) is 0 Å². The summed E-state index contributed by atoms with van der Waals surface area (Å²) in [5, 5.41) is 2.99. The van der Waals surface area contributed by atoms with Crippen LogP contribution in [0.3, 0.4) is 0 Å². The van der Waals surface area contributed by atoms with Gasteiger partial charge >= 0.3 is 0 Å². The Morgan fingerprint density at radius 2 is 1.73 bits per heavy atom. The zero-order chi connectivity index (χ0) is 20.5. The van der Waals surface area contributed by atoms with Crippen molar-refractivity contribution in [3.8, 4) is 11.1 Å². The smallest absolute Gasteiger partial charge is 0.249 e. The molecule has 1 aliphatic heterocycles. The number of morpholine rings is 1. The van der Waals surface area contributed by atoms with Gasteiger partial charge in [0.1, 0.15) is 12.6 Å². The van der Waals surface area contributed by atoms with Crippen molar-refractivity contribution in [3.05, 3.63) is 89.5 Å². The number of hydrogen-bond donors (Lipinski definition) is 1. The van der Waals surface area contributed by atoms with E-state index in [-0.39, 0.29) is 25.0 Å². The Morgan fingerprint density at radius 1 is 0.967 bits per heavy atom. The maximum atomic E-state index is 13.0. The molecule has 30 heavy (non-hydrogen) atoms. The van der Waals surface area contributed by atoms with Crippen LogP contribution < -0.4 is 5.32 Å². The molecular formula is C25H22N2O3. The van der Waals surface area contributed by atoms with Crippen LogP contribution in [-0.2, 0) is 27.3 Å². The first-order valence-electron chi connectivity index (χ1n) is 10.1. The molecule has 2 aliphatic rings. The van der Waals surface area contributed by atoms with E-state index in [1.165, 1.54) is 22.3 Å². The van der Waals surface area contributed by atoms with Crippen LogP contribution in [-0.4, -0.2) is 36.0 Å². The Bertz CT molecular complexity index is 1110. The van der Waals surface area contributed by atoms with Gasteiger partial charge in [0, 0.05) is 12.2 Å². The summed E-state index contributed by atoms with van der Waals surface area (Å²) in [5.74, 6) is -0.399. The SMILES string of the molecule is O=C(Nc1ccc2c(c1)Cc1ccccc1-2)[C@H]1COCC(=O)N1Cc1ccccc1. The van der Waals surface area contributed by atoms with Gasteiger partial charge in [-0.05, 0) is 46.4 Å². The van der Waals surface area contributed by atoms with E-state index in [0.717, 1.165) is 17.7 Å². The number of hydrogen-bond acceptors (Lipinski definition) is 3. The van der Waals surface area contributed by atoms with Crippen molar-refractivity contribution in [3.63, 3.8) is 0 Å². The summed E-state index contributed by atoms with van der Waals surface area (Å²) in [7, 11) is 0. The number of carbonyl (C=O) groups is 2. The summed E-state index contributed by atoms with van der Waals surface area (Å²) < 4.78 is 5.39. The van der Waals surface area contributed by atoms with Crippen LogP contribution in [0.5, 0.6) is 0 Å². The lowest BCUT2D eigenvalue weighted by molar-refractivity contribution is -0.154. The second-order valence-electron chi connectivity index (χ2n) is 7.73. The third-order valence-corrected chi connectivity index (χ3v) is 5.76. The van der Waals surface area contributed by atoms with Gasteiger partial charge in [-0.15, -0.1) is 0 Å². The van der Waals surface area contributed by atoms with E-state index in [1.54, 1.807) is 4.90 Å². The standard InChI is InChI=1S/C25H22N2O3/c28-24-16-30-15-23(27(24)14-17-6-2-1-3-7-17)25(29)26-20-10-11-22-19(13-20)12-18-8-4-5-9-21(18)22/h1-11,13,23H,12,14-16H2,(H,26,29)/t23-/m1/s1. The number of anilines is 1. The molecule has 5 heteroatoms. The maximum Gasteiger partial charge on any atom is 0.249 e. The third-order valence-electron chi connectivity index (χ3n) is 5.76. The minimum Gasteiger partial charge on any atom is -0.369 e. The van der Waals surface area contributed by atoms with E-state index < -0.39 is 6.04 Å². The number of ether oxygens (including phenoxy) is 1. The molecule has 1 atom stereocenters. The predicted molar refractivity (Wildman–Crippen MR) is 115 cm³/mol. The largest absolute Gasteiger partial charge is 0.369 e. The quantitative estimate of drug-likeness (QED) is 0.571. The van der Waals surface area contributed by atoms with Crippen LogP contribution in [0.2, 0.25) is 0 Å². The minimum absolute atomic E-state index is 0.00766. The Hall–Kier alpha value is -3.44. The summed E-state index contributed by atoms with van der Waals surface area (Å²) in [6, 6.07) is 23.4. The molecule has 1 fully saturated rings. The van der Waals surface area contributed by atoms with E-state index in [2.05, 4.69) is 29.6 Å². The Labute approximate surface area is 175 Å². The van der Waals surface area contributed by atoms with Gasteiger partial charge in [-0.25, -0.2) is 0 Å². The fraction of sp³-hybridized carbons (Fsp3) is 0.200. The molecule has 1 aliphatic carbocycles. The highest BCUT2D eigenvalue weighted by molar-refractivity contribution is 5.98. The summed E-state index contributed by atoms with van der Waals surface area (Å²) in [4.78, 5) is 27.1. The van der Waals surface area contributed by atoms with Crippen LogP contribution in [0.4, 0.5) is 5.69 Å². The Balaban J connectivity index is 1.34. The Kier molecular flexibility index (Phi) is 4.81. The van der Waals surface area contributed by atoms with Crippen molar-refractivity contribution in [2.75, 3.05) is 18.5 Å². The monoisotopic (exact) mass is 398 g/mol. The molecule has 1 saturated heterocycles. The molecule has 3 aromatic carbocycles. The lowest BCUT2D eigenvalue weighted by Gasteiger charge is -2.34. The van der Waals surface area contributed by atoms with E-state index in [9.17, 15) is 9.59 Å². The first-order chi connectivity index (χ1) is 14.7. The molecule has 0 unspecified atom stereocenters. The van der Waals surface area contributed by atoms with Gasteiger partial charge in [-0.1, -0.05) is 60.7 Å². The van der Waals surface area contributed by atoms with Gasteiger partial charge in [0.05, 0.1) is 6.61 Å². The average Bonchev–Trinajstić information content (AvgIpc) is 3.13. The first kappa shape index (κ1) is 18.6. The van der Waals surface area contributed by atoms with Gasteiger partial charge in [-0.2, -0.15) is 0 Å². The van der Waals surface area contributed by atoms with E-state index in [0.29, 0.717) is 6.54 Å². The number of fused-ring (bicyclic) bond motifs is 3. The molecular weight excluding hydrogens is 376 g/mol. The molecule has 0 spiro atoms. The van der Waals surface area contributed by atoms with Crippen molar-refractivity contribution in [2.24, 2.45) is 0 Å². The van der Waals surface area contributed by atoms with Crippen LogP contribution in [0.1, 0.15) is 16.7 Å². The first-order valence-corrected chi connectivity index (χ1v) is 10.1. The second kappa shape index (κ2) is 7.76. The third kappa shape index (κ3) is 3.48. The normalized spacial score (nSPS) is 17.4. The zero-order valence-corrected chi connectivity index (χ0v) is 16.5. The highest BCUT2D eigenvalue weighted by Crippen LogP contribution is 2.37. The Morgan fingerprint density at radius 3 is 2.60 bits per heavy atom. The molecule has 5 rings (SSSR count). The van der Waals surface area contributed by atoms with E-state index in [1.807, 2.05) is 48.5 Å². The summed E-state index contributed by atoms with van der Waals surface area (Å²) in [5.41, 5.74) is 6.70. The maximum absolute atomic E-state index is 13.0. The molecule has 1 N–H and O–H groups in total. The number of carbonyl (C=O) groups excluding carboxylic acids is 2. The number of nitrogens with zero attached hydrogens (tertiary/aromatic N) is 1. The van der Waals surface area contributed by atoms with Crippen LogP contribution in [0.25, 0.3) is 11.1 Å². The molecule has 2 amide bonds. The lowest BCUT2D eigenvalue weighted by atomic mass is 10.1. The van der Waals surface area contributed by atoms with Crippen LogP contribution >= 0.6 is 0 Å². The predicted octanol–water partition coefficient (Wildman–Crippen LogP) is 3.62. The van der Waals surface area contributed by atoms with E-state index >= 15 is 0 Å². The number of nitrogens with one attached hydrogen (secondary N) is 1. The molecule has 0 saturated carbocycles. The highest BCUT2D eigenvalue weighted by atomic mass is 16.5. The molecule has 3 aromatic rings. The van der Waals surface area contributed by atoms with Gasteiger partial charge in [-0.3, -0.25) is 9.59 Å². The van der Waals surface area contributed by atoms with Crippen molar-refractivity contribution in [1.82, 2.24) is 4.90 Å². The van der Waals surface area contributed by atoms with Crippen LogP contribution in [0.15, 0.2) is 72.8 Å². The fourth-order valence-electron chi connectivity index (χ4n) is 4.25. The minimum atomic E-state index is -0.656. The molecule has 5 nitrogen and oxygen atoms in total. The van der Waals surface area contributed by atoms with Crippen molar-refractivity contribution in [2.45, 2.75) is 19.0 Å². The lowest BCUT2D eigenvalue weighted by Crippen LogP contribution is -2.54. The highest BCUT2D eigenvalue weighted by Gasteiger charge is 2.34. The van der Waals surface area contributed by atoms with E-state index in [4.69, 9.17) is 4.74 Å². The number of benzene rings is 3. The van der Waals surface area contributed by atoms with Crippen molar-refractivity contribution < 1.29 is 14.3 Å². The molecule has 0 bridgehead atoms. The average molecular weight is 398 g/mol. The molecule has 0 radical (unpaired) electrons. The second-order valence-corrected chi connectivity index (χ2v) is 7.73. The number of rotatable bonds is 4. The van der Waals surface area contributed by atoms with Gasteiger partial charge in [0.25, 0.3) is 0 Å². The summed E-state index contributed by atoms with van der Waals surface area (Å²) >= 11 is 0. The summed E-state index contributed by atoms with van der Waals surface area (Å²) in [6.45, 7) is 0.592. The van der Waals surface area contributed by atoms with Gasteiger partial charge < -0.3 is 15.0 Å². The van der Waals surface area contributed by atoms with Crippen LogP contribution in [0, 0.1) is 0 Å². The fourth-order valence-corrected chi connectivity index (χ4v) is 4.25. The molecule has 1 heterocycles. The zero-order valence-electron chi connectivity index (χ0n) is 16.5. The molecule has 150 valence electrons. The number of amides is 2. The topological polar surface area (TPSA) is 58.6 Å². The van der Waals surface area contributed by atoms with Gasteiger partial charge in [0.2, 0.25) is 11.8 Å².